The van der Waals surface area contributed by atoms with E-state index in [0.29, 0.717) is 27.1 Å². The van der Waals surface area contributed by atoms with E-state index in [1.165, 1.54) is 14.2 Å². The summed E-state index contributed by atoms with van der Waals surface area (Å²) in [6.45, 7) is 1.81. The van der Waals surface area contributed by atoms with E-state index in [4.69, 9.17) is 9.15 Å². The van der Waals surface area contributed by atoms with Gasteiger partial charge in [0.05, 0.1) is 14.2 Å². The van der Waals surface area contributed by atoms with Gasteiger partial charge in [0.1, 0.15) is 5.76 Å². The molecule has 102 valence electrons. The Morgan fingerprint density at radius 1 is 1.42 bits per heavy atom. The molecule has 19 heavy (non-hydrogen) atoms. The number of aliphatic hydroxyl groups excluding tert-OH is 1. The van der Waals surface area contributed by atoms with Gasteiger partial charge in [-0.05, 0) is 35.0 Å². The number of aryl methyl sites for hydroxylation is 1. The first-order valence-electron chi connectivity index (χ1n) is 5.52. The molecule has 0 amide bonds. The highest BCUT2D eigenvalue weighted by atomic mass is 79.9. The van der Waals surface area contributed by atoms with Crippen LogP contribution in [0.2, 0.25) is 0 Å². The van der Waals surface area contributed by atoms with Crippen LogP contribution in [0.5, 0.6) is 5.75 Å². The van der Waals surface area contributed by atoms with Crippen molar-refractivity contribution in [2.45, 2.75) is 13.0 Å². The highest BCUT2D eigenvalue weighted by Crippen LogP contribution is 2.39. The molecule has 0 aliphatic heterocycles. The number of fused-ring (bicyclic) bond motifs is 1. The monoisotopic (exact) mass is 328 g/mol. The van der Waals surface area contributed by atoms with Crippen LogP contribution >= 0.6 is 15.9 Å². The molecular formula is C13H13BrO5. The first-order valence-corrected chi connectivity index (χ1v) is 6.31. The number of rotatable bonds is 3. The zero-order valence-electron chi connectivity index (χ0n) is 10.7. The van der Waals surface area contributed by atoms with E-state index in [1.54, 1.807) is 12.1 Å². The number of benzene rings is 1. The number of esters is 1. The average molecular weight is 329 g/mol. The van der Waals surface area contributed by atoms with Crippen LogP contribution in [0.3, 0.4) is 0 Å². The Hall–Kier alpha value is -1.53. The third-order valence-electron chi connectivity index (χ3n) is 2.79. The molecule has 5 nitrogen and oxygen atoms in total. The standard InChI is InChI=1S/C13H13BrO5/c1-6-4-8-10(14)7(11(15)13(16)18-3)5-9(17-2)12(8)19-6/h4-5,11,15H,1-3H3. The number of carbonyl (C=O) groups excluding carboxylic acids is 1. The van der Waals surface area contributed by atoms with Gasteiger partial charge in [0.15, 0.2) is 17.4 Å². The maximum atomic E-state index is 11.4. The van der Waals surface area contributed by atoms with Gasteiger partial charge in [-0.1, -0.05) is 0 Å². The second-order valence-electron chi connectivity index (χ2n) is 4.01. The molecule has 6 heteroatoms. The van der Waals surface area contributed by atoms with Crippen molar-refractivity contribution >= 4 is 32.9 Å². The minimum absolute atomic E-state index is 0.372. The van der Waals surface area contributed by atoms with Gasteiger partial charge in [0.25, 0.3) is 0 Å². The van der Waals surface area contributed by atoms with Gasteiger partial charge in [-0.3, -0.25) is 0 Å². The lowest BCUT2D eigenvalue weighted by Crippen LogP contribution is -2.14. The zero-order valence-corrected chi connectivity index (χ0v) is 12.3. The van der Waals surface area contributed by atoms with Crippen LogP contribution in [0.15, 0.2) is 21.0 Å². The van der Waals surface area contributed by atoms with Gasteiger partial charge in [0, 0.05) is 15.4 Å². The number of halogens is 1. The zero-order chi connectivity index (χ0) is 14.2. The summed E-state index contributed by atoms with van der Waals surface area (Å²) in [6, 6.07) is 3.35. The van der Waals surface area contributed by atoms with E-state index >= 15 is 0 Å². The van der Waals surface area contributed by atoms with Gasteiger partial charge in [-0.25, -0.2) is 4.79 Å². The van der Waals surface area contributed by atoms with Crippen molar-refractivity contribution in [3.8, 4) is 5.75 Å². The molecule has 2 rings (SSSR count). The summed E-state index contributed by atoms with van der Waals surface area (Å²) in [5.41, 5.74) is 0.935. The van der Waals surface area contributed by atoms with Gasteiger partial charge in [-0.15, -0.1) is 0 Å². The maximum absolute atomic E-state index is 11.4. The number of methoxy groups -OCH3 is 2. The van der Waals surface area contributed by atoms with Crippen molar-refractivity contribution < 1.29 is 23.8 Å². The van der Waals surface area contributed by atoms with E-state index in [0.717, 1.165) is 5.39 Å². The molecule has 2 aromatic rings. The fourth-order valence-corrected chi connectivity index (χ4v) is 2.50. The topological polar surface area (TPSA) is 68.9 Å². The van der Waals surface area contributed by atoms with Gasteiger partial charge >= 0.3 is 5.97 Å². The van der Waals surface area contributed by atoms with Crippen molar-refractivity contribution in [1.29, 1.82) is 0 Å². The van der Waals surface area contributed by atoms with Crippen molar-refractivity contribution in [3.63, 3.8) is 0 Å². The number of hydrogen-bond acceptors (Lipinski definition) is 5. The van der Waals surface area contributed by atoms with E-state index in [9.17, 15) is 9.90 Å². The number of carbonyl (C=O) groups is 1. The lowest BCUT2D eigenvalue weighted by atomic mass is 10.1. The van der Waals surface area contributed by atoms with Crippen molar-refractivity contribution in [1.82, 2.24) is 0 Å². The lowest BCUT2D eigenvalue weighted by molar-refractivity contribution is -0.150. The van der Waals surface area contributed by atoms with Crippen LogP contribution in [0, 0.1) is 6.92 Å². The van der Waals surface area contributed by atoms with Crippen LogP contribution < -0.4 is 4.74 Å². The molecular weight excluding hydrogens is 316 g/mol. The number of furan rings is 1. The van der Waals surface area contributed by atoms with Gasteiger partial charge in [-0.2, -0.15) is 0 Å². The predicted molar refractivity (Wildman–Crippen MR) is 72.2 cm³/mol. The molecule has 0 spiro atoms. The number of ether oxygens (including phenoxy) is 2. The normalized spacial score (nSPS) is 12.5. The number of aliphatic hydroxyl groups is 1. The fraction of sp³-hybridized carbons (Fsp3) is 0.308. The molecule has 0 aliphatic carbocycles. The van der Waals surface area contributed by atoms with Crippen LogP contribution in [0.1, 0.15) is 17.4 Å². The minimum Gasteiger partial charge on any atom is -0.493 e. The van der Waals surface area contributed by atoms with Crippen LogP contribution in [0.4, 0.5) is 0 Å². The molecule has 1 atom stereocenters. The van der Waals surface area contributed by atoms with Crippen LogP contribution in [-0.4, -0.2) is 25.3 Å². The molecule has 0 saturated heterocycles. The summed E-state index contributed by atoms with van der Waals surface area (Å²) >= 11 is 3.37. The molecule has 1 heterocycles. The molecule has 0 saturated carbocycles. The van der Waals surface area contributed by atoms with E-state index in [2.05, 4.69) is 20.7 Å². The quantitative estimate of drug-likeness (QED) is 0.877. The second-order valence-corrected chi connectivity index (χ2v) is 4.80. The first-order chi connectivity index (χ1) is 8.99. The third kappa shape index (κ3) is 2.33. The smallest absolute Gasteiger partial charge is 0.339 e. The van der Waals surface area contributed by atoms with E-state index in [-0.39, 0.29) is 0 Å². The molecule has 1 aromatic carbocycles. The Kier molecular flexibility index (Phi) is 3.82. The Morgan fingerprint density at radius 3 is 2.68 bits per heavy atom. The fourth-order valence-electron chi connectivity index (χ4n) is 1.88. The summed E-state index contributed by atoms with van der Waals surface area (Å²) in [7, 11) is 2.71. The Bertz CT molecular complexity index is 631. The molecule has 0 fully saturated rings. The largest absolute Gasteiger partial charge is 0.493 e. The van der Waals surface area contributed by atoms with E-state index in [1.807, 2.05) is 6.92 Å². The summed E-state index contributed by atoms with van der Waals surface area (Å²) in [6.07, 6.45) is -1.38. The van der Waals surface area contributed by atoms with Gasteiger partial charge < -0.3 is 19.0 Å². The Labute approximate surface area is 118 Å². The molecule has 1 N–H and O–H groups in total. The van der Waals surface area contributed by atoms with E-state index < -0.39 is 12.1 Å². The SMILES string of the molecule is COC(=O)C(O)c1cc(OC)c2oc(C)cc2c1Br. The summed E-state index contributed by atoms with van der Waals surface area (Å²) in [4.78, 5) is 11.4. The molecule has 0 bridgehead atoms. The van der Waals surface area contributed by atoms with Crippen molar-refractivity contribution in [3.05, 3.63) is 27.9 Å². The summed E-state index contributed by atoms with van der Waals surface area (Å²) in [5, 5.41) is 10.7. The number of hydrogen-bond donors (Lipinski definition) is 1. The molecule has 1 aromatic heterocycles. The lowest BCUT2D eigenvalue weighted by Gasteiger charge is -2.13. The molecule has 0 aliphatic rings. The average Bonchev–Trinajstić information content (AvgIpc) is 2.80. The Balaban J connectivity index is 2.68. The molecule has 1 unspecified atom stereocenters. The van der Waals surface area contributed by atoms with Crippen molar-refractivity contribution in [2.24, 2.45) is 0 Å². The molecule has 0 radical (unpaired) electrons. The summed E-state index contributed by atoms with van der Waals surface area (Å²) < 4.78 is 15.9. The third-order valence-corrected chi connectivity index (χ3v) is 3.68. The predicted octanol–water partition coefficient (Wildman–Crippen LogP) is 2.72. The van der Waals surface area contributed by atoms with Crippen molar-refractivity contribution in [2.75, 3.05) is 14.2 Å². The first kappa shape index (κ1) is 13.9. The minimum atomic E-state index is -1.38. The van der Waals surface area contributed by atoms with Gasteiger partial charge in [0.2, 0.25) is 0 Å². The van der Waals surface area contributed by atoms with Crippen LogP contribution in [-0.2, 0) is 9.53 Å². The Morgan fingerprint density at radius 2 is 2.11 bits per heavy atom. The summed E-state index contributed by atoms with van der Waals surface area (Å²) in [5.74, 6) is 0.422. The van der Waals surface area contributed by atoms with Crippen LogP contribution in [0.25, 0.3) is 11.0 Å². The highest BCUT2D eigenvalue weighted by molar-refractivity contribution is 9.10. The second kappa shape index (κ2) is 5.22. The highest BCUT2D eigenvalue weighted by Gasteiger charge is 2.25. The maximum Gasteiger partial charge on any atom is 0.339 e.